The fourth-order valence-corrected chi connectivity index (χ4v) is 2.24. The van der Waals surface area contributed by atoms with E-state index in [1.54, 1.807) is 19.1 Å². The summed E-state index contributed by atoms with van der Waals surface area (Å²) in [6, 6.07) is 7.47. The molecule has 1 aromatic carbocycles. The first-order valence-electron chi connectivity index (χ1n) is 6.34. The molecule has 0 bridgehead atoms. The van der Waals surface area contributed by atoms with Gasteiger partial charge in [-0.2, -0.15) is 0 Å². The molecule has 0 N–H and O–H groups in total. The Morgan fingerprint density at radius 1 is 1.33 bits per heavy atom. The number of ether oxygens (including phenoxy) is 1. The van der Waals surface area contributed by atoms with Crippen molar-refractivity contribution in [3.8, 4) is 5.75 Å². The van der Waals surface area contributed by atoms with E-state index in [4.69, 9.17) is 9.15 Å². The summed E-state index contributed by atoms with van der Waals surface area (Å²) in [6.07, 6.45) is 1.51. The molecule has 0 aliphatic rings. The minimum absolute atomic E-state index is 0.146. The quantitative estimate of drug-likeness (QED) is 0.691. The lowest BCUT2D eigenvalue weighted by Crippen LogP contribution is -2.06. The highest BCUT2D eigenvalue weighted by Crippen LogP contribution is 2.29. The van der Waals surface area contributed by atoms with Gasteiger partial charge in [-0.1, -0.05) is 0 Å². The minimum atomic E-state index is -0.387. The van der Waals surface area contributed by atoms with Gasteiger partial charge in [-0.15, -0.1) is 0 Å². The molecule has 2 heterocycles. The number of nitrogens with zero attached hydrogens (tertiary/aromatic N) is 1. The highest BCUT2D eigenvalue weighted by Gasteiger charge is 2.23. The summed E-state index contributed by atoms with van der Waals surface area (Å²) in [5.74, 6) is -0.247. The standard InChI is InChI=1S/C16H12FNO3/c1-9-11-8-10(17)5-6-12(11)21-16(9)15(19)14-13(20-2)4-3-7-18-14/h3-8H,1-2H3. The molecule has 0 saturated heterocycles. The third kappa shape index (κ3) is 2.16. The van der Waals surface area contributed by atoms with Crippen molar-refractivity contribution in [1.82, 2.24) is 4.98 Å². The van der Waals surface area contributed by atoms with Gasteiger partial charge in [0, 0.05) is 17.1 Å². The van der Waals surface area contributed by atoms with Gasteiger partial charge in [0.05, 0.1) is 7.11 Å². The molecule has 5 heteroatoms. The zero-order chi connectivity index (χ0) is 15.0. The largest absolute Gasteiger partial charge is 0.494 e. The number of aromatic nitrogens is 1. The molecule has 0 unspecified atom stereocenters. The Hall–Kier alpha value is -2.69. The van der Waals surface area contributed by atoms with Crippen molar-refractivity contribution in [3.63, 3.8) is 0 Å². The molecule has 0 amide bonds. The molecule has 0 atom stereocenters. The van der Waals surface area contributed by atoms with Gasteiger partial charge in [0.1, 0.15) is 17.1 Å². The maximum absolute atomic E-state index is 13.3. The van der Waals surface area contributed by atoms with Crippen LogP contribution in [0, 0.1) is 12.7 Å². The highest BCUT2D eigenvalue weighted by atomic mass is 19.1. The second-order valence-electron chi connectivity index (χ2n) is 4.58. The van der Waals surface area contributed by atoms with Gasteiger partial charge in [-0.25, -0.2) is 9.37 Å². The van der Waals surface area contributed by atoms with Crippen LogP contribution < -0.4 is 4.74 Å². The van der Waals surface area contributed by atoms with Crippen LogP contribution in [0.4, 0.5) is 4.39 Å². The van der Waals surface area contributed by atoms with E-state index in [1.165, 1.54) is 31.5 Å². The molecule has 0 spiro atoms. The van der Waals surface area contributed by atoms with E-state index in [0.717, 1.165) is 0 Å². The highest BCUT2D eigenvalue weighted by molar-refractivity contribution is 6.10. The number of carbonyl (C=O) groups excluding carboxylic acids is 1. The zero-order valence-corrected chi connectivity index (χ0v) is 11.5. The fourth-order valence-electron chi connectivity index (χ4n) is 2.24. The van der Waals surface area contributed by atoms with Crippen molar-refractivity contribution < 1.29 is 18.3 Å². The molecule has 3 aromatic rings. The number of hydrogen-bond acceptors (Lipinski definition) is 4. The molecule has 0 aliphatic carbocycles. The van der Waals surface area contributed by atoms with Crippen molar-refractivity contribution in [2.24, 2.45) is 0 Å². The summed E-state index contributed by atoms with van der Waals surface area (Å²) in [7, 11) is 1.47. The molecule has 0 saturated carbocycles. The number of halogens is 1. The molecule has 0 aliphatic heterocycles. The Balaban J connectivity index is 2.16. The molecule has 2 aromatic heterocycles. The first-order valence-corrected chi connectivity index (χ1v) is 6.34. The van der Waals surface area contributed by atoms with E-state index >= 15 is 0 Å². The number of hydrogen-bond donors (Lipinski definition) is 0. The lowest BCUT2D eigenvalue weighted by molar-refractivity contribution is 0.100. The van der Waals surface area contributed by atoms with Gasteiger partial charge in [0.25, 0.3) is 5.78 Å². The first-order chi connectivity index (χ1) is 10.1. The van der Waals surface area contributed by atoms with Crippen molar-refractivity contribution in [2.75, 3.05) is 7.11 Å². The van der Waals surface area contributed by atoms with Crippen molar-refractivity contribution >= 4 is 16.8 Å². The van der Waals surface area contributed by atoms with Gasteiger partial charge >= 0.3 is 0 Å². The van der Waals surface area contributed by atoms with Crippen LogP contribution in [0.5, 0.6) is 5.75 Å². The topological polar surface area (TPSA) is 52.3 Å². The summed E-state index contributed by atoms with van der Waals surface area (Å²) in [6.45, 7) is 1.72. The molecular formula is C16H12FNO3. The lowest BCUT2D eigenvalue weighted by Gasteiger charge is -2.04. The molecule has 21 heavy (non-hydrogen) atoms. The Labute approximate surface area is 120 Å². The van der Waals surface area contributed by atoms with Crippen LogP contribution >= 0.6 is 0 Å². The summed E-state index contributed by atoms with van der Waals surface area (Å²) in [5, 5.41) is 0.577. The Morgan fingerprint density at radius 2 is 2.14 bits per heavy atom. The van der Waals surface area contributed by atoms with Crippen molar-refractivity contribution in [2.45, 2.75) is 6.92 Å². The van der Waals surface area contributed by atoms with E-state index in [2.05, 4.69) is 4.98 Å². The first kappa shape index (κ1) is 13.3. The van der Waals surface area contributed by atoms with Crippen LogP contribution in [-0.4, -0.2) is 17.9 Å². The third-order valence-corrected chi connectivity index (χ3v) is 3.31. The number of aryl methyl sites for hydroxylation is 1. The van der Waals surface area contributed by atoms with E-state index in [1.807, 2.05) is 0 Å². The smallest absolute Gasteiger partial charge is 0.250 e. The predicted molar refractivity (Wildman–Crippen MR) is 75.1 cm³/mol. The molecule has 0 fully saturated rings. The monoisotopic (exact) mass is 285 g/mol. The van der Waals surface area contributed by atoms with Crippen LogP contribution in [-0.2, 0) is 0 Å². The number of carbonyl (C=O) groups is 1. The van der Waals surface area contributed by atoms with Crippen LogP contribution in [0.1, 0.15) is 21.8 Å². The zero-order valence-electron chi connectivity index (χ0n) is 11.5. The second-order valence-corrected chi connectivity index (χ2v) is 4.58. The van der Waals surface area contributed by atoms with E-state index < -0.39 is 0 Å². The number of fused-ring (bicyclic) bond motifs is 1. The maximum atomic E-state index is 13.3. The number of ketones is 1. The van der Waals surface area contributed by atoms with E-state index in [-0.39, 0.29) is 23.1 Å². The number of furan rings is 1. The predicted octanol–water partition coefficient (Wildman–Crippen LogP) is 3.51. The minimum Gasteiger partial charge on any atom is -0.494 e. The second kappa shape index (κ2) is 5.01. The maximum Gasteiger partial charge on any atom is 0.250 e. The third-order valence-electron chi connectivity index (χ3n) is 3.31. The van der Waals surface area contributed by atoms with Gasteiger partial charge < -0.3 is 9.15 Å². The van der Waals surface area contributed by atoms with Gasteiger partial charge in [-0.05, 0) is 37.3 Å². The summed E-state index contributed by atoms with van der Waals surface area (Å²) < 4.78 is 24.0. The normalized spacial score (nSPS) is 10.8. The lowest BCUT2D eigenvalue weighted by atomic mass is 10.1. The summed E-state index contributed by atoms with van der Waals surface area (Å²) in [4.78, 5) is 16.6. The number of benzene rings is 1. The van der Waals surface area contributed by atoms with Crippen LogP contribution in [0.15, 0.2) is 40.9 Å². The number of methoxy groups -OCH3 is 1. The van der Waals surface area contributed by atoms with Gasteiger partial charge in [0.2, 0.25) is 0 Å². The average Bonchev–Trinajstić information content (AvgIpc) is 2.83. The molecular weight excluding hydrogens is 273 g/mol. The van der Waals surface area contributed by atoms with Crippen molar-refractivity contribution in [3.05, 3.63) is 59.4 Å². The SMILES string of the molecule is COc1cccnc1C(=O)c1oc2ccc(F)cc2c1C. The Kier molecular flexibility index (Phi) is 3.17. The molecule has 3 rings (SSSR count). The molecule has 0 radical (unpaired) electrons. The number of pyridine rings is 1. The molecule has 106 valence electrons. The summed E-state index contributed by atoms with van der Waals surface area (Å²) in [5.41, 5.74) is 1.22. The Morgan fingerprint density at radius 3 is 2.90 bits per heavy atom. The fraction of sp³-hybridized carbons (Fsp3) is 0.125. The van der Waals surface area contributed by atoms with E-state index in [0.29, 0.717) is 22.3 Å². The summed E-state index contributed by atoms with van der Waals surface area (Å²) >= 11 is 0. The average molecular weight is 285 g/mol. The van der Waals surface area contributed by atoms with Gasteiger partial charge in [0.15, 0.2) is 11.5 Å². The molecule has 4 nitrogen and oxygen atoms in total. The van der Waals surface area contributed by atoms with E-state index in [9.17, 15) is 9.18 Å². The van der Waals surface area contributed by atoms with Gasteiger partial charge in [-0.3, -0.25) is 4.79 Å². The van der Waals surface area contributed by atoms with Crippen molar-refractivity contribution in [1.29, 1.82) is 0 Å². The Bertz CT molecular complexity index is 839. The van der Waals surface area contributed by atoms with Crippen LogP contribution in [0.25, 0.3) is 11.0 Å². The van der Waals surface area contributed by atoms with Crippen LogP contribution in [0.2, 0.25) is 0 Å². The number of rotatable bonds is 3. The van der Waals surface area contributed by atoms with Crippen LogP contribution in [0.3, 0.4) is 0 Å².